The average Bonchev–Trinajstić information content (AvgIpc) is 2.68. The van der Waals surface area contributed by atoms with Crippen LogP contribution in [0.5, 0.6) is 0 Å². The van der Waals surface area contributed by atoms with Gasteiger partial charge in [0.15, 0.2) is 5.82 Å². The van der Waals surface area contributed by atoms with Crippen LogP contribution >= 0.6 is 15.9 Å². The zero-order chi connectivity index (χ0) is 19.5. The molecule has 1 aromatic heterocycles. The third kappa shape index (κ3) is 6.81. The second kappa shape index (κ2) is 11.1. The number of carbonyl (C=O) groups excluding carboxylic acids is 1. The molecule has 0 aliphatic rings. The van der Waals surface area contributed by atoms with Crippen molar-refractivity contribution in [2.24, 2.45) is 5.73 Å². The summed E-state index contributed by atoms with van der Waals surface area (Å²) in [5.74, 6) is -0.109. The molecule has 1 aromatic carbocycles. The Kier molecular flexibility index (Phi) is 8.42. The molecule has 0 aliphatic heterocycles. The molecule has 0 atom stereocenters. The van der Waals surface area contributed by atoms with E-state index in [1.165, 1.54) is 6.20 Å². The van der Waals surface area contributed by atoms with Gasteiger partial charge in [-0.3, -0.25) is 4.79 Å². The molecule has 0 saturated carbocycles. The minimum absolute atomic E-state index is 0.196. The first-order chi connectivity index (χ1) is 13.1. The Morgan fingerprint density at radius 3 is 2.56 bits per heavy atom. The molecule has 1 amide bonds. The Balaban J connectivity index is 1.90. The molecular weight excluding hydrogens is 410 g/mol. The van der Waals surface area contributed by atoms with Crippen LogP contribution in [0.1, 0.15) is 23.4 Å². The van der Waals surface area contributed by atoms with Crippen LogP contribution in [0.25, 0.3) is 5.57 Å². The highest BCUT2D eigenvalue weighted by molar-refractivity contribution is 9.10. The van der Waals surface area contributed by atoms with E-state index in [2.05, 4.69) is 31.2 Å². The molecular formula is C19H20BrN5O2. The summed E-state index contributed by atoms with van der Waals surface area (Å²) in [5.41, 5.74) is 7.84. The fraction of sp³-hybridized carbons (Fsp3) is 0.263. The largest absolute Gasteiger partial charge is 0.404 e. The Morgan fingerprint density at radius 1 is 1.22 bits per heavy atom. The number of rotatable bonds is 9. The number of benzene rings is 1. The van der Waals surface area contributed by atoms with Gasteiger partial charge in [0.1, 0.15) is 0 Å². The smallest absolute Gasteiger partial charge is 0.256 e. The summed E-state index contributed by atoms with van der Waals surface area (Å²) < 4.78 is 6.23. The van der Waals surface area contributed by atoms with Crippen LogP contribution in [0, 0.1) is 11.3 Å². The molecule has 0 fully saturated rings. The number of ether oxygens (including phenoxy) is 1. The van der Waals surface area contributed by atoms with Crippen LogP contribution in [-0.4, -0.2) is 35.6 Å². The molecule has 2 rings (SSSR count). The molecule has 7 nitrogen and oxygen atoms in total. The Labute approximate surface area is 166 Å². The molecule has 0 aliphatic carbocycles. The minimum atomic E-state index is -0.373. The van der Waals surface area contributed by atoms with Crippen molar-refractivity contribution in [3.63, 3.8) is 0 Å². The summed E-state index contributed by atoms with van der Waals surface area (Å²) in [7, 11) is 0. The fourth-order valence-corrected chi connectivity index (χ4v) is 2.49. The molecule has 2 aromatic rings. The van der Waals surface area contributed by atoms with Crippen molar-refractivity contribution in [1.82, 2.24) is 15.3 Å². The monoisotopic (exact) mass is 429 g/mol. The minimum Gasteiger partial charge on any atom is -0.404 e. The van der Waals surface area contributed by atoms with Gasteiger partial charge in [-0.25, -0.2) is 9.97 Å². The van der Waals surface area contributed by atoms with Gasteiger partial charge in [0, 0.05) is 36.0 Å². The van der Waals surface area contributed by atoms with Crippen LogP contribution in [0.2, 0.25) is 0 Å². The molecule has 0 bridgehead atoms. The van der Waals surface area contributed by atoms with Gasteiger partial charge < -0.3 is 15.8 Å². The highest BCUT2D eigenvalue weighted by atomic mass is 79.9. The molecule has 0 saturated heterocycles. The van der Waals surface area contributed by atoms with Crippen LogP contribution in [0.4, 0.5) is 0 Å². The van der Waals surface area contributed by atoms with Crippen LogP contribution in [0.15, 0.2) is 47.3 Å². The van der Waals surface area contributed by atoms with E-state index in [9.17, 15) is 4.79 Å². The van der Waals surface area contributed by atoms with E-state index in [1.54, 1.807) is 12.4 Å². The maximum Gasteiger partial charge on any atom is 0.256 e. The predicted octanol–water partition coefficient (Wildman–Crippen LogP) is 2.18. The number of halogens is 1. The van der Waals surface area contributed by atoms with Crippen LogP contribution in [-0.2, 0) is 16.0 Å². The predicted molar refractivity (Wildman–Crippen MR) is 105 cm³/mol. The maximum atomic E-state index is 12.2. The van der Waals surface area contributed by atoms with Crippen molar-refractivity contribution in [3.8, 4) is 6.07 Å². The molecule has 0 radical (unpaired) electrons. The van der Waals surface area contributed by atoms with Crippen molar-refractivity contribution in [1.29, 1.82) is 5.26 Å². The summed E-state index contributed by atoms with van der Waals surface area (Å²) in [6.07, 6.45) is 5.58. The van der Waals surface area contributed by atoms with E-state index < -0.39 is 0 Å². The Bertz CT molecular complexity index is 813. The van der Waals surface area contributed by atoms with Gasteiger partial charge in [-0.2, -0.15) is 5.26 Å². The quantitative estimate of drug-likeness (QED) is 0.466. The van der Waals surface area contributed by atoms with Gasteiger partial charge in [0.05, 0.1) is 31.3 Å². The van der Waals surface area contributed by atoms with E-state index in [0.717, 1.165) is 15.6 Å². The molecule has 0 spiro atoms. The first kappa shape index (κ1) is 20.6. The topological polar surface area (TPSA) is 114 Å². The summed E-state index contributed by atoms with van der Waals surface area (Å²) in [6, 6.07) is 9.99. The van der Waals surface area contributed by atoms with Crippen molar-refractivity contribution >= 4 is 27.4 Å². The van der Waals surface area contributed by atoms with Gasteiger partial charge >= 0.3 is 0 Å². The highest BCUT2D eigenvalue weighted by Gasteiger charge is 2.14. The Morgan fingerprint density at radius 2 is 1.93 bits per heavy atom. The summed E-state index contributed by atoms with van der Waals surface area (Å²) in [5, 5.41) is 11.1. The lowest BCUT2D eigenvalue weighted by molar-refractivity contribution is -0.115. The molecule has 1 heterocycles. The number of amides is 1. The van der Waals surface area contributed by atoms with Crippen LogP contribution < -0.4 is 11.1 Å². The van der Waals surface area contributed by atoms with Crippen LogP contribution in [0.3, 0.4) is 0 Å². The van der Waals surface area contributed by atoms with Crippen molar-refractivity contribution in [2.45, 2.75) is 12.8 Å². The van der Waals surface area contributed by atoms with Gasteiger partial charge in [0.25, 0.3) is 5.91 Å². The van der Waals surface area contributed by atoms with Gasteiger partial charge in [-0.1, -0.05) is 28.1 Å². The van der Waals surface area contributed by atoms with Crippen molar-refractivity contribution in [2.75, 3.05) is 19.8 Å². The second-order valence-electron chi connectivity index (χ2n) is 5.57. The van der Waals surface area contributed by atoms with E-state index in [-0.39, 0.29) is 17.3 Å². The number of hydrogen-bond acceptors (Lipinski definition) is 6. The average molecular weight is 430 g/mol. The number of nitrogens with two attached hydrogens (primary N) is 1. The molecule has 27 heavy (non-hydrogen) atoms. The molecule has 8 heteroatoms. The lowest BCUT2D eigenvalue weighted by Crippen LogP contribution is -2.29. The number of hydrogen-bond donors (Lipinski definition) is 2. The lowest BCUT2D eigenvalue weighted by Gasteiger charge is -2.08. The third-order valence-electron chi connectivity index (χ3n) is 3.57. The first-order valence-corrected chi connectivity index (χ1v) is 9.14. The number of carbonyl (C=O) groups is 1. The summed E-state index contributed by atoms with van der Waals surface area (Å²) >= 11 is 3.41. The van der Waals surface area contributed by atoms with E-state index >= 15 is 0 Å². The highest BCUT2D eigenvalue weighted by Crippen LogP contribution is 2.14. The third-order valence-corrected chi connectivity index (χ3v) is 4.10. The van der Waals surface area contributed by atoms with E-state index in [1.807, 2.05) is 30.3 Å². The number of aromatic nitrogens is 2. The number of nitrogens with zero attached hydrogens (tertiary/aromatic N) is 3. The summed E-state index contributed by atoms with van der Waals surface area (Å²) in [6.45, 7) is 0.969. The second-order valence-corrected chi connectivity index (χ2v) is 6.49. The standard InChI is InChI=1S/C19H20BrN5O2/c20-16-4-2-14(3-5-16)10-15-12-24-18(25-13-15)17(11-22)19(26)23-7-9-27-8-1-6-21/h2-5,11-13H,1,7-10,22H2,(H,23,26)/b17-11+. The van der Waals surface area contributed by atoms with Gasteiger partial charge in [-0.15, -0.1) is 0 Å². The fourth-order valence-electron chi connectivity index (χ4n) is 2.23. The normalized spacial score (nSPS) is 11.0. The maximum absolute atomic E-state index is 12.2. The van der Waals surface area contributed by atoms with Gasteiger partial charge in [-0.05, 0) is 23.3 Å². The van der Waals surface area contributed by atoms with E-state index in [4.69, 9.17) is 15.7 Å². The first-order valence-electron chi connectivity index (χ1n) is 8.34. The number of nitrogens with one attached hydrogen (secondary N) is 1. The lowest BCUT2D eigenvalue weighted by atomic mass is 10.1. The SMILES string of the molecule is N#CCCOCCNC(=O)/C(=C/N)c1ncc(Cc2ccc(Br)cc2)cn1. The van der Waals surface area contributed by atoms with Crippen molar-refractivity contribution in [3.05, 3.63) is 64.3 Å². The Hall–Kier alpha value is -2.76. The summed E-state index contributed by atoms with van der Waals surface area (Å²) in [4.78, 5) is 20.7. The zero-order valence-corrected chi connectivity index (χ0v) is 16.3. The van der Waals surface area contributed by atoms with Gasteiger partial charge in [0.2, 0.25) is 0 Å². The zero-order valence-electron chi connectivity index (χ0n) is 14.7. The molecule has 3 N–H and O–H groups in total. The molecule has 140 valence electrons. The molecule has 0 unspecified atom stereocenters. The number of nitriles is 1. The van der Waals surface area contributed by atoms with Crippen molar-refractivity contribution < 1.29 is 9.53 Å². The van der Waals surface area contributed by atoms with E-state index in [0.29, 0.717) is 32.6 Å².